The third-order valence-electron chi connectivity index (χ3n) is 4.21. The highest BCUT2D eigenvalue weighted by Gasteiger charge is 2.25. The molecule has 1 saturated heterocycles. The number of sulfonamides is 1. The maximum atomic E-state index is 11.6. The van der Waals surface area contributed by atoms with Gasteiger partial charge in [-0.05, 0) is 37.3 Å². The Bertz CT molecular complexity index is 774. The van der Waals surface area contributed by atoms with Gasteiger partial charge in [0.05, 0.1) is 11.9 Å². The molecule has 2 aromatic heterocycles. The number of anilines is 2. The highest BCUT2D eigenvalue weighted by atomic mass is 32.2. The molecular weight excluding hydrogens is 326 g/mol. The van der Waals surface area contributed by atoms with Crippen molar-refractivity contribution in [3.63, 3.8) is 0 Å². The maximum absolute atomic E-state index is 11.6. The van der Waals surface area contributed by atoms with Gasteiger partial charge in [-0.3, -0.25) is 4.98 Å². The first kappa shape index (κ1) is 16.8. The van der Waals surface area contributed by atoms with Crippen molar-refractivity contribution in [2.24, 2.45) is 5.92 Å². The average molecular weight is 347 g/mol. The minimum absolute atomic E-state index is 0.406. The van der Waals surface area contributed by atoms with Crippen molar-refractivity contribution >= 4 is 21.7 Å². The average Bonchev–Trinajstić information content (AvgIpc) is 2.57. The van der Waals surface area contributed by atoms with Gasteiger partial charge in [0.2, 0.25) is 10.0 Å². The summed E-state index contributed by atoms with van der Waals surface area (Å²) in [5, 5.41) is 3.20. The Labute approximate surface area is 142 Å². The maximum Gasteiger partial charge on any atom is 0.211 e. The Balaban J connectivity index is 1.66. The highest BCUT2D eigenvalue weighted by Crippen LogP contribution is 2.25. The Morgan fingerprint density at radius 3 is 2.54 bits per heavy atom. The molecule has 0 radical (unpaired) electrons. The first-order valence-electron chi connectivity index (χ1n) is 7.95. The van der Waals surface area contributed by atoms with Crippen LogP contribution < -0.4 is 5.32 Å². The molecule has 0 atom stereocenters. The van der Waals surface area contributed by atoms with Crippen LogP contribution in [-0.4, -0.2) is 47.0 Å². The first-order valence-corrected chi connectivity index (χ1v) is 9.80. The summed E-state index contributed by atoms with van der Waals surface area (Å²) in [6, 6.07) is 5.65. The lowest BCUT2D eigenvalue weighted by Gasteiger charge is -2.30. The van der Waals surface area contributed by atoms with E-state index in [0.717, 1.165) is 30.8 Å². The zero-order valence-electron chi connectivity index (χ0n) is 13.6. The van der Waals surface area contributed by atoms with Gasteiger partial charge >= 0.3 is 0 Å². The number of rotatable bonds is 5. The molecule has 0 amide bonds. The van der Waals surface area contributed by atoms with Crippen molar-refractivity contribution in [3.8, 4) is 0 Å². The van der Waals surface area contributed by atoms with E-state index in [1.165, 1.54) is 6.26 Å². The number of nitrogens with zero attached hydrogens (tertiary/aromatic N) is 4. The molecule has 8 heteroatoms. The molecule has 7 nitrogen and oxygen atoms in total. The SMILES string of the molecule is CS(=O)(=O)N1CCC(Cc2nccnc2Nc2ccccn2)CC1. The van der Waals surface area contributed by atoms with Gasteiger partial charge in [0.1, 0.15) is 5.82 Å². The molecule has 0 aromatic carbocycles. The molecular formula is C16H21N5O2S. The minimum Gasteiger partial charge on any atom is -0.323 e. The van der Waals surface area contributed by atoms with Crippen LogP contribution in [0.25, 0.3) is 0 Å². The quantitative estimate of drug-likeness (QED) is 0.888. The van der Waals surface area contributed by atoms with Crippen LogP contribution in [0.15, 0.2) is 36.8 Å². The molecule has 0 aliphatic carbocycles. The molecule has 0 bridgehead atoms. The van der Waals surface area contributed by atoms with E-state index >= 15 is 0 Å². The molecule has 1 N–H and O–H groups in total. The topological polar surface area (TPSA) is 88.1 Å². The highest BCUT2D eigenvalue weighted by molar-refractivity contribution is 7.88. The van der Waals surface area contributed by atoms with E-state index in [2.05, 4.69) is 20.3 Å². The Morgan fingerprint density at radius 2 is 1.88 bits per heavy atom. The van der Waals surface area contributed by atoms with E-state index in [9.17, 15) is 8.42 Å². The predicted molar refractivity (Wildman–Crippen MR) is 92.4 cm³/mol. The number of hydrogen-bond acceptors (Lipinski definition) is 6. The van der Waals surface area contributed by atoms with Crippen molar-refractivity contribution in [1.82, 2.24) is 19.3 Å². The lowest BCUT2D eigenvalue weighted by molar-refractivity contribution is 0.273. The van der Waals surface area contributed by atoms with Crippen LogP contribution in [0.1, 0.15) is 18.5 Å². The summed E-state index contributed by atoms with van der Waals surface area (Å²) in [4.78, 5) is 13.1. The summed E-state index contributed by atoms with van der Waals surface area (Å²) in [6.45, 7) is 1.15. The number of nitrogens with one attached hydrogen (secondary N) is 1. The van der Waals surface area contributed by atoms with E-state index in [1.54, 1.807) is 22.9 Å². The Kier molecular flexibility index (Phi) is 5.06. The number of piperidine rings is 1. The zero-order chi connectivity index (χ0) is 17.0. The third-order valence-corrected chi connectivity index (χ3v) is 5.51. The summed E-state index contributed by atoms with van der Waals surface area (Å²) in [5.74, 6) is 1.84. The van der Waals surface area contributed by atoms with Crippen molar-refractivity contribution < 1.29 is 8.42 Å². The van der Waals surface area contributed by atoms with Gasteiger partial charge in [-0.2, -0.15) is 0 Å². The second-order valence-electron chi connectivity index (χ2n) is 6.00. The fraction of sp³-hybridized carbons (Fsp3) is 0.438. The second kappa shape index (κ2) is 7.23. The molecule has 0 saturated carbocycles. The lowest BCUT2D eigenvalue weighted by atomic mass is 9.93. The van der Waals surface area contributed by atoms with Gasteiger partial charge in [0, 0.05) is 31.7 Å². The molecule has 3 rings (SSSR count). The first-order chi connectivity index (χ1) is 11.5. The Morgan fingerprint density at radius 1 is 1.12 bits per heavy atom. The third kappa shape index (κ3) is 4.27. The van der Waals surface area contributed by atoms with Crippen LogP contribution in [0.3, 0.4) is 0 Å². The summed E-state index contributed by atoms with van der Waals surface area (Å²) in [5.41, 5.74) is 0.890. The molecule has 1 aliphatic heterocycles. The van der Waals surface area contributed by atoms with Gasteiger partial charge in [-0.15, -0.1) is 0 Å². The van der Waals surface area contributed by atoms with Gasteiger partial charge in [-0.25, -0.2) is 22.7 Å². The van der Waals surface area contributed by atoms with E-state index in [4.69, 9.17) is 0 Å². The number of aromatic nitrogens is 3. The molecule has 2 aromatic rings. The summed E-state index contributed by atoms with van der Waals surface area (Å²) in [6.07, 6.45) is 8.79. The van der Waals surface area contributed by atoms with Crippen molar-refractivity contribution in [1.29, 1.82) is 0 Å². The van der Waals surface area contributed by atoms with Crippen LogP contribution in [0.4, 0.5) is 11.6 Å². The van der Waals surface area contributed by atoms with Crippen LogP contribution >= 0.6 is 0 Å². The van der Waals surface area contributed by atoms with Crippen LogP contribution in [0.5, 0.6) is 0 Å². The van der Waals surface area contributed by atoms with Crippen LogP contribution in [0, 0.1) is 5.92 Å². The molecule has 3 heterocycles. The number of hydrogen-bond donors (Lipinski definition) is 1. The molecule has 1 fully saturated rings. The predicted octanol–water partition coefficient (Wildman–Crippen LogP) is 1.83. The van der Waals surface area contributed by atoms with E-state index < -0.39 is 10.0 Å². The van der Waals surface area contributed by atoms with E-state index in [0.29, 0.717) is 24.8 Å². The summed E-state index contributed by atoms with van der Waals surface area (Å²) in [7, 11) is -3.09. The van der Waals surface area contributed by atoms with E-state index in [1.807, 2.05) is 18.2 Å². The van der Waals surface area contributed by atoms with E-state index in [-0.39, 0.29) is 0 Å². The fourth-order valence-electron chi connectivity index (χ4n) is 2.90. The molecule has 1 aliphatic rings. The van der Waals surface area contributed by atoms with Crippen molar-refractivity contribution in [2.45, 2.75) is 19.3 Å². The molecule has 24 heavy (non-hydrogen) atoms. The van der Waals surface area contributed by atoms with Crippen molar-refractivity contribution in [3.05, 3.63) is 42.5 Å². The zero-order valence-corrected chi connectivity index (χ0v) is 14.4. The van der Waals surface area contributed by atoms with Gasteiger partial charge in [-0.1, -0.05) is 6.07 Å². The fourth-order valence-corrected chi connectivity index (χ4v) is 3.77. The second-order valence-corrected chi connectivity index (χ2v) is 7.98. The van der Waals surface area contributed by atoms with Gasteiger partial charge in [0.15, 0.2) is 5.82 Å². The smallest absolute Gasteiger partial charge is 0.211 e. The lowest BCUT2D eigenvalue weighted by Crippen LogP contribution is -2.38. The van der Waals surface area contributed by atoms with Crippen molar-refractivity contribution in [2.75, 3.05) is 24.7 Å². The standard InChI is InChI=1S/C16H21N5O2S/c1-24(22,23)21-10-5-13(6-11-21)12-14-16(19-9-8-17-14)20-15-4-2-3-7-18-15/h2-4,7-9,13H,5-6,10-12H2,1H3,(H,18,19,20). The number of pyridine rings is 1. The van der Waals surface area contributed by atoms with Gasteiger partial charge < -0.3 is 5.32 Å². The largest absolute Gasteiger partial charge is 0.323 e. The van der Waals surface area contributed by atoms with Crippen LogP contribution in [-0.2, 0) is 16.4 Å². The Hall–Kier alpha value is -2.06. The van der Waals surface area contributed by atoms with Crippen LogP contribution in [0.2, 0.25) is 0 Å². The normalized spacial score (nSPS) is 16.9. The monoisotopic (exact) mass is 347 g/mol. The molecule has 128 valence electrons. The summed E-state index contributed by atoms with van der Waals surface area (Å²) < 4.78 is 24.7. The van der Waals surface area contributed by atoms with Gasteiger partial charge in [0.25, 0.3) is 0 Å². The summed E-state index contributed by atoms with van der Waals surface area (Å²) >= 11 is 0. The molecule has 0 unspecified atom stereocenters. The minimum atomic E-state index is -3.09. The molecule has 0 spiro atoms.